The zero-order valence-electron chi connectivity index (χ0n) is 11.8. The molecule has 0 aliphatic heterocycles. The molecule has 1 amide bonds. The van der Waals surface area contributed by atoms with E-state index >= 15 is 0 Å². The van der Waals surface area contributed by atoms with Crippen LogP contribution in [0, 0.1) is 11.3 Å². The number of rotatable bonds is 5. The Labute approximate surface area is 124 Å². The minimum absolute atomic E-state index is 0.0532. The average Bonchev–Trinajstić information content (AvgIpc) is 2.54. The normalized spacial score (nSPS) is 9.71. The fraction of sp³-hybridized carbons (Fsp3) is 0.176. The van der Waals surface area contributed by atoms with E-state index in [-0.39, 0.29) is 5.91 Å². The molecule has 2 aromatic carbocycles. The number of amides is 1. The summed E-state index contributed by atoms with van der Waals surface area (Å²) in [5.41, 5.74) is 2.47. The number of nitrogens with zero attached hydrogens (tertiary/aromatic N) is 1. The number of hydrogen-bond acceptors (Lipinski definition) is 3. The van der Waals surface area contributed by atoms with Gasteiger partial charge in [0, 0.05) is 6.54 Å². The first-order valence-electron chi connectivity index (χ1n) is 6.60. The number of ether oxygens (including phenoxy) is 1. The molecule has 0 saturated carbocycles. The van der Waals surface area contributed by atoms with Crippen molar-refractivity contribution in [2.24, 2.45) is 0 Å². The van der Waals surface area contributed by atoms with Crippen LogP contribution in [0.1, 0.15) is 16.7 Å². The van der Waals surface area contributed by atoms with Gasteiger partial charge in [0.2, 0.25) is 5.91 Å². The van der Waals surface area contributed by atoms with Crippen LogP contribution in [0.4, 0.5) is 0 Å². The number of methoxy groups -OCH3 is 1. The Hall–Kier alpha value is -2.80. The van der Waals surface area contributed by atoms with Crippen molar-refractivity contribution in [3.8, 4) is 11.8 Å². The van der Waals surface area contributed by atoms with Crippen LogP contribution in [-0.2, 0) is 17.8 Å². The average molecular weight is 280 g/mol. The quantitative estimate of drug-likeness (QED) is 0.915. The third-order valence-corrected chi connectivity index (χ3v) is 3.07. The molecule has 0 spiro atoms. The van der Waals surface area contributed by atoms with Gasteiger partial charge in [-0.05, 0) is 35.4 Å². The van der Waals surface area contributed by atoms with Gasteiger partial charge in [-0.2, -0.15) is 5.26 Å². The lowest BCUT2D eigenvalue weighted by molar-refractivity contribution is -0.120. The maximum Gasteiger partial charge on any atom is 0.224 e. The predicted molar refractivity (Wildman–Crippen MR) is 79.7 cm³/mol. The highest BCUT2D eigenvalue weighted by Crippen LogP contribution is 2.12. The minimum Gasteiger partial charge on any atom is -0.497 e. The molecule has 2 aromatic rings. The highest BCUT2D eigenvalue weighted by atomic mass is 16.5. The van der Waals surface area contributed by atoms with E-state index in [2.05, 4.69) is 11.4 Å². The van der Waals surface area contributed by atoms with Gasteiger partial charge in [-0.3, -0.25) is 4.79 Å². The molecule has 0 bridgehead atoms. The van der Waals surface area contributed by atoms with Crippen LogP contribution in [0.15, 0.2) is 48.5 Å². The fourth-order valence-electron chi connectivity index (χ4n) is 1.93. The van der Waals surface area contributed by atoms with E-state index < -0.39 is 0 Å². The van der Waals surface area contributed by atoms with Gasteiger partial charge in [0.25, 0.3) is 0 Å². The predicted octanol–water partition coefficient (Wildman–Crippen LogP) is 2.43. The summed E-state index contributed by atoms with van der Waals surface area (Å²) in [4.78, 5) is 11.9. The van der Waals surface area contributed by atoms with Crippen molar-refractivity contribution < 1.29 is 9.53 Å². The Morgan fingerprint density at radius 3 is 2.62 bits per heavy atom. The molecule has 0 fully saturated rings. The van der Waals surface area contributed by atoms with E-state index in [4.69, 9.17) is 10.00 Å². The SMILES string of the molecule is COc1cccc(CNC(=O)Cc2ccc(C#N)cc2)c1. The molecule has 0 aliphatic carbocycles. The lowest BCUT2D eigenvalue weighted by Gasteiger charge is -2.07. The summed E-state index contributed by atoms with van der Waals surface area (Å²) >= 11 is 0. The van der Waals surface area contributed by atoms with E-state index in [1.165, 1.54) is 0 Å². The lowest BCUT2D eigenvalue weighted by atomic mass is 10.1. The Morgan fingerprint density at radius 2 is 1.95 bits per heavy atom. The number of hydrogen-bond donors (Lipinski definition) is 1. The molecular formula is C17H16N2O2. The summed E-state index contributed by atoms with van der Waals surface area (Å²) in [5.74, 6) is 0.719. The Kier molecular flexibility index (Phi) is 4.94. The van der Waals surface area contributed by atoms with Crippen molar-refractivity contribution in [1.82, 2.24) is 5.32 Å². The summed E-state index contributed by atoms with van der Waals surface area (Å²) in [5, 5.41) is 11.6. The second-order valence-corrected chi connectivity index (χ2v) is 4.61. The lowest BCUT2D eigenvalue weighted by Crippen LogP contribution is -2.24. The molecule has 0 unspecified atom stereocenters. The number of carbonyl (C=O) groups is 1. The number of nitriles is 1. The van der Waals surface area contributed by atoms with Gasteiger partial charge in [-0.15, -0.1) is 0 Å². The van der Waals surface area contributed by atoms with Gasteiger partial charge in [0.1, 0.15) is 5.75 Å². The molecule has 106 valence electrons. The van der Waals surface area contributed by atoms with Crippen LogP contribution in [0.2, 0.25) is 0 Å². The van der Waals surface area contributed by atoms with Gasteiger partial charge in [0.15, 0.2) is 0 Å². The molecular weight excluding hydrogens is 264 g/mol. The van der Waals surface area contributed by atoms with Crippen molar-refractivity contribution in [3.63, 3.8) is 0 Å². The summed E-state index contributed by atoms with van der Waals surface area (Å²) in [7, 11) is 1.61. The van der Waals surface area contributed by atoms with E-state index in [1.807, 2.05) is 24.3 Å². The highest BCUT2D eigenvalue weighted by Gasteiger charge is 2.04. The van der Waals surface area contributed by atoms with Crippen molar-refractivity contribution in [3.05, 3.63) is 65.2 Å². The van der Waals surface area contributed by atoms with E-state index in [1.54, 1.807) is 31.4 Å². The van der Waals surface area contributed by atoms with Crippen LogP contribution in [0.5, 0.6) is 5.75 Å². The molecule has 0 saturated heterocycles. The molecule has 0 heterocycles. The number of benzene rings is 2. The molecule has 1 N–H and O–H groups in total. The smallest absolute Gasteiger partial charge is 0.224 e. The molecule has 2 rings (SSSR count). The van der Waals surface area contributed by atoms with Crippen molar-refractivity contribution >= 4 is 5.91 Å². The van der Waals surface area contributed by atoms with Gasteiger partial charge in [-0.1, -0.05) is 24.3 Å². The van der Waals surface area contributed by atoms with Crippen molar-refractivity contribution in [1.29, 1.82) is 5.26 Å². The molecule has 0 atom stereocenters. The summed E-state index contributed by atoms with van der Waals surface area (Å²) in [6.07, 6.45) is 0.301. The van der Waals surface area contributed by atoms with E-state index in [0.717, 1.165) is 16.9 Å². The largest absolute Gasteiger partial charge is 0.497 e. The second kappa shape index (κ2) is 7.11. The Morgan fingerprint density at radius 1 is 1.19 bits per heavy atom. The zero-order valence-corrected chi connectivity index (χ0v) is 11.8. The molecule has 0 aromatic heterocycles. The molecule has 21 heavy (non-hydrogen) atoms. The molecule has 4 heteroatoms. The summed E-state index contributed by atoms with van der Waals surface area (Å²) in [6.45, 7) is 0.465. The van der Waals surface area contributed by atoms with Crippen LogP contribution in [0.3, 0.4) is 0 Å². The van der Waals surface area contributed by atoms with Gasteiger partial charge in [0.05, 0.1) is 25.2 Å². The minimum atomic E-state index is -0.0532. The highest BCUT2D eigenvalue weighted by molar-refractivity contribution is 5.78. The molecule has 0 radical (unpaired) electrons. The summed E-state index contributed by atoms with van der Waals surface area (Å²) < 4.78 is 5.14. The zero-order chi connectivity index (χ0) is 15.1. The Balaban J connectivity index is 1.88. The van der Waals surface area contributed by atoms with Crippen molar-refractivity contribution in [2.75, 3.05) is 7.11 Å². The van der Waals surface area contributed by atoms with Gasteiger partial charge < -0.3 is 10.1 Å². The first-order valence-corrected chi connectivity index (χ1v) is 6.60. The molecule has 0 aliphatic rings. The van der Waals surface area contributed by atoms with Crippen molar-refractivity contribution in [2.45, 2.75) is 13.0 Å². The van der Waals surface area contributed by atoms with Gasteiger partial charge in [-0.25, -0.2) is 0 Å². The number of carbonyl (C=O) groups excluding carboxylic acids is 1. The van der Waals surface area contributed by atoms with E-state index in [0.29, 0.717) is 18.5 Å². The van der Waals surface area contributed by atoms with Crippen LogP contribution in [0.25, 0.3) is 0 Å². The van der Waals surface area contributed by atoms with Crippen LogP contribution in [-0.4, -0.2) is 13.0 Å². The first-order chi connectivity index (χ1) is 10.2. The number of nitrogens with one attached hydrogen (secondary N) is 1. The van der Waals surface area contributed by atoms with Crippen LogP contribution < -0.4 is 10.1 Å². The third-order valence-electron chi connectivity index (χ3n) is 3.07. The first kappa shape index (κ1) is 14.6. The standard InChI is InChI=1S/C17H16N2O2/c1-21-16-4-2-3-15(9-16)12-19-17(20)10-13-5-7-14(11-18)8-6-13/h2-9H,10,12H2,1H3,(H,19,20). The van der Waals surface area contributed by atoms with Crippen LogP contribution >= 0.6 is 0 Å². The maximum absolute atomic E-state index is 11.9. The maximum atomic E-state index is 11.9. The topological polar surface area (TPSA) is 62.1 Å². The van der Waals surface area contributed by atoms with E-state index in [9.17, 15) is 4.79 Å². The van der Waals surface area contributed by atoms with Gasteiger partial charge >= 0.3 is 0 Å². The summed E-state index contributed by atoms with van der Waals surface area (Å²) in [6, 6.07) is 16.6. The Bertz CT molecular complexity index is 657. The fourth-order valence-corrected chi connectivity index (χ4v) is 1.93. The molecule has 4 nitrogen and oxygen atoms in total. The third kappa shape index (κ3) is 4.36. The monoisotopic (exact) mass is 280 g/mol. The second-order valence-electron chi connectivity index (χ2n) is 4.61.